The Labute approximate surface area is 293 Å². The van der Waals surface area contributed by atoms with Crippen molar-refractivity contribution in [3.05, 3.63) is 144 Å². The Balaban J connectivity index is 1.12. The van der Waals surface area contributed by atoms with Gasteiger partial charge in [0, 0.05) is 27.4 Å². The number of ether oxygens (including phenoxy) is 1. The molecule has 3 amide bonds. The lowest BCUT2D eigenvalue weighted by atomic mass is 10.1. The summed E-state index contributed by atoms with van der Waals surface area (Å²) in [5.41, 5.74) is 4.66. The topological polar surface area (TPSA) is 123 Å². The second kappa shape index (κ2) is 15.8. The molecule has 0 fully saturated rings. The lowest BCUT2D eigenvalue weighted by molar-refractivity contribution is -0.116. The summed E-state index contributed by atoms with van der Waals surface area (Å²) in [6.07, 6.45) is 2.18. The number of amides is 3. The highest BCUT2D eigenvalue weighted by Crippen LogP contribution is 2.30. The predicted octanol–water partition coefficient (Wildman–Crippen LogP) is 8.42. The highest BCUT2D eigenvalue weighted by molar-refractivity contribution is 8.00. The van der Waals surface area contributed by atoms with Gasteiger partial charge in [0.2, 0.25) is 11.8 Å². The van der Waals surface area contributed by atoms with Crippen molar-refractivity contribution in [3.63, 3.8) is 0 Å². The van der Waals surface area contributed by atoms with Crippen LogP contribution in [0.5, 0.6) is 5.75 Å². The third-order valence-electron chi connectivity index (χ3n) is 7.68. The van der Waals surface area contributed by atoms with Crippen LogP contribution in [0.3, 0.4) is 0 Å². The van der Waals surface area contributed by atoms with Crippen molar-refractivity contribution < 1.29 is 23.5 Å². The number of carbonyl (C=O) groups is 3. The molecule has 0 radical (unpaired) electrons. The van der Waals surface area contributed by atoms with E-state index in [0.717, 1.165) is 16.0 Å². The summed E-state index contributed by atoms with van der Waals surface area (Å²) in [6.45, 7) is 1.95. The van der Waals surface area contributed by atoms with Crippen LogP contribution in [0.1, 0.15) is 29.3 Å². The summed E-state index contributed by atoms with van der Waals surface area (Å²) < 4.78 is 11.1. The smallest absolute Gasteiger partial charge is 0.272 e. The molecule has 6 rings (SSSR count). The summed E-state index contributed by atoms with van der Waals surface area (Å²) in [6, 6.07) is 38.0. The number of hydrogen-bond acceptors (Lipinski definition) is 7. The van der Waals surface area contributed by atoms with Gasteiger partial charge in [-0.05, 0) is 96.9 Å². The van der Waals surface area contributed by atoms with Crippen LogP contribution < -0.4 is 20.7 Å². The molecule has 10 heteroatoms. The third kappa shape index (κ3) is 8.47. The van der Waals surface area contributed by atoms with Gasteiger partial charge in [-0.1, -0.05) is 55.5 Å². The van der Waals surface area contributed by atoms with Crippen molar-refractivity contribution in [2.24, 2.45) is 0 Å². The summed E-state index contributed by atoms with van der Waals surface area (Å²) in [5.74, 6) is 0.125. The fourth-order valence-electron chi connectivity index (χ4n) is 5.06. The van der Waals surface area contributed by atoms with Crippen molar-refractivity contribution in [1.29, 1.82) is 0 Å². The first kappa shape index (κ1) is 33.8. The van der Waals surface area contributed by atoms with Gasteiger partial charge in [-0.15, -0.1) is 11.8 Å². The lowest BCUT2D eigenvalue weighted by Crippen LogP contribution is -2.30. The first-order valence-electron chi connectivity index (χ1n) is 16.0. The maximum Gasteiger partial charge on any atom is 0.272 e. The number of fused-ring (bicyclic) bond motifs is 1. The molecule has 1 unspecified atom stereocenters. The minimum absolute atomic E-state index is 0.0648. The van der Waals surface area contributed by atoms with Crippen LogP contribution >= 0.6 is 11.8 Å². The number of methoxy groups -OCH3 is 1. The van der Waals surface area contributed by atoms with E-state index in [4.69, 9.17) is 9.15 Å². The quantitative estimate of drug-likeness (QED) is 0.0875. The number of thioether (sulfide) groups is 1. The molecule has 1 heterocycles. The molecular formula is C40H34N4O5S. The number of para-hydroxylation sites is 2. The maximum atomic E-state index is 13.6. The van der Waals surface area contributed by atoms with Crippen LogP contribution in [0.2, 0.25) is 0 Å². The molecule has 1 aromatic heterocycles. The molecule has 6 aromatic rings. The predicted molar refractivity (Wildman–Crippen MR) is 198 cm³/mol. The largest absolute Gasteiger partial charge is 0.497 e. The van der Waals surface area contributed by atoms with Crippen LogP contribution in [-0.4, -0.2) is 35.1 Å². The average molecular weight is 683 g/mol. The van der Waals surface area contributed by atoms with Crippen LogP contribution in [0, 0.1) is 0 Å². The van der Waals surface area contributed by atoms with Crippen LogP contribution in [0.15, 0.2) is 142 Å². The number of nitrogens with zero attached hydrogens (tertiary/aromatic N) is 1. The number of hydrogen-bond donors (Lipinski definition) is 3. The second-order valence-electron chi connectivity index (χ2n) is 11.2. The van der Waals surface area contributed by atoms with Gasteiger partial charge < -0.3 is 25.1 Å². The Morgan fingerprint density at radius 3 is 2.28 bits per heavy atom. The third-order valence-corrected chi connectivity index (χ3v) is 9.04. The van der Waals surface area contributed by atoms with Crippen LogP contribution in [0.4, 0.5) is 11.4 Å². The molecule has 0 aliphatic carbocycles. The van der Waals surface area contributed by atoms with E-state index in [2.05, 4.69) is 20.9 Å². The molecule has 0 aliphatic rings. The summed E-state index contributed by atoms with van der Waals surface area (Å²) in [5, 5.41) is 8.26. The molecule has 0 spiro atoms. The Bertz CT molecular complexity index is 2110. The van der Waals surface area contributed by atoms with Gasteiger partial charge in [0.15, 0.2) is 5.58 Å². The second-order valence-corrected chi connectivity index (χ2v) is 12.5. The average Bonchev–Trinajstić information content (AvgIpc) is 3.59. The van der Waals surface area contributed by atoms with Gasteiger partial charge >= 0.3 is 0 Å². The summed E-state index contributed by atoms with van der Waals surface area (Å²) in [4.78, 5) is 45.2. The van der Waals surface area contributed by atoms with Gasteiger partial charge in [-0.3, -0.25) is 14.4 Å². The van der Waals surface area contributed by atoms with E-state index in [1.54, 1.807) is 73.8 Å². The standard InChI is InChI=1S/C40H34N4O5S/c1-3-36(39(47)41-29-20-18-28(19-21-29)40-44-33-14-7-8-15-35(33)49-40)50-32-13-9-12-30(25-32)42-38(46)34(24-26-16-22-31(48-2)23-17-26)43-37(45)27-10-5-4-6-11-27/h4-25,36H,3H2,1-2H3,(H,41,47)(H,42,46)(H,43,45)/b34-24+. The molecule has 250 valence electrons. The molecule has 0 bridgehead atoms. The molecule has 50 heavy (non-hydrogen) atoms. The molecule has 0 aliphatic heterocycles. The Kier molecular flexibility index (Phi) is 10.7. The van der Waals surface area contributed by atoms with Gasteiger partial charge in [0.05, 0.1) is 12.4 Å². The van der Waals surface area contributed by atoms with Crippen molar-refractivity contribution in [2.75, 3.05) is 17.7 Å². The van der Waals surface area contributed by atoms with Gasteiger partial charge in [-0.2, -0.15) is 0 Å². The van der Waals surface area contributed by atoms with Crippen molar-refractivity contribution in [2.45, 2.75) is 23.5 Å². The maximum absolute atomic E-state index is 13.6. The molecule has 9 nitrogen and oxygen atoms in total. The minimum Gasteiger partial charge on any atom is -0.497 e. The Morgan fingerprint density at radius 1 is 0.820 bits per heavy atom. The number of carbonyl (C=O) groups excluding carboxylic acids is 3. The van der Waals surface area contributed by atoms with Gasteiger partial charge in [0.25, 0.3) is 11.8 Å². The zero-order valence-electron chi connectivity index (χ0n) is 27.4. The van der Waals surface area contributed by atoms with E-state index in [1.807, 2.05) is 73.7 Å². The molecular weight excluding hydrogens is 649 g/mol. The SMILES string of the molecule is CCC(Sc1cccc(NC(=O)/C(=C\c2ccc(OC)cc2)NC(=O)c2ccccc2)c1)C(=O)Nc1ccc(-c2nc3ccccc3o2)cc1. The van der Waals surface area contributed by atoms with E-state index in [-0.39, 0.29) is 11.6 Å². The van der Waals surface area contributed by atoms with Gasteiger partial charge in [0.1, 0.15) is 17.0 Å². The van der Waals surface area contributed by atoms with Gasteiger partial charge in [-0.25, -0.2) is 4.98 Å². The number of anilines is 2. The minimum atomic E-state index is -0.502. The number of benzene rings is 5. The van der Waals surface area contributed by atoms with E-state index in [0.29, 0.717) is 46.1 Å². The zero-order chi connectivity index (χ0) is 34.9. The van der Waals surface area contributed by atoms with Crippen molar-refractivity contribution >= 4 is 58.0 Å². The lowest BCUT2D eigenvalue weighted by Gasteiger charge is -2.16. The molecule has 0 saturated carbocycles. The number of rotatable bonds is 12. The Morgan fingerprint density at radius 2 is 1.56 bits per heavy atom. The number of aromatic nitrogens is 1. The monoisotopic (exact) mass is 682 g/mol. The molecule has 0 saturated heterocycles. The highest BCUT2D eigenvalue weighted by Gasteiger charge is 2.20. The molecule has 3 N–H and O–H groups in total. The number of nitrogens with one attached hydrogen (secondary N) is 3. The summed E-state index contributed by atoms with van der Waals surface area (Å²) >= 11 is 1.40. The fourth-order valence-corrected chi connectivity index (χ4v) is 6.07. The Hall–Kier alpha value is -6.13. The van der Waals surface area contributed by atoms with Crippen molar-refractivity contribution in [3.8, 4) is 17.2 Å². The zero-order valence-corrected chi connectivity index (χ0v) is 28.2. The number of oxazole rings is 1. The van der Waals surface area contributed by atoms with E-state index >= 15 is 0 Å². The van der Waals surface area contributed by atoms with E-state index in [9.17, 15) is 14.4 Å². The van der Waals surface area contributed by atoms with Crippen LogP contribution in [0.25, 0.3) is 28.6 Å². The normalized spacial score (nSPS) is 11.8. The van der Waals surface area contributed by atoms with Crippen LogP contribution in [-0.2, 0) is 9.59 Å². The van der Waals surface area contributed by atoms with Crippen molar-refractivity contribution in [1.82, 2.24) is 10.3 Å². The first-order chi connectivity index (χ1) is 24.4. The molecule has 5 aromatic carbocycles. The highest BCUT2D eigenvalue weighted by atomic mass is 32.2. The summed E-state index contributed by atoms with van der Waals surface area (Å²) in [7, 11) is 1.58. The molecule has 1 atom stereocenters. The first-order valence-corrected chi connectivity index (χ1v) is 16.8. The van der Waals surface area contributed by atoms with E-state index < -0.39 is 17.1 Å². The van der Waals surface area contributed by atoms with E-state index in [1.165, 1.54) is 11.8 Å². The fraction of sp³-hybridized carbons (Fsp3) is 0.100.